The molecule has 0 spiro atoms. The lowest BCUT2D eigenvalue weighted by Crippen LogP contribution is -2.36. The van der Waals surface area contributed by atoms with Crippen LogP contribution in [0.4, 0.5) is 0 Å². The summed E-state index contributed by atoms with van der Waals surface area (Å²) in [6.07, 6.45) is 9.14. The summed E-state index contributed by atoms with van der Waals surface area (Å²) in [4.78, 5) is 14.2. The maximum atomic E-state index is 12.1. The van der Waals surface area contributed by atoms with Crippen molar-refractivity contribution in [2.24, 2.45) is 0 Å². The summed E-state index contributed by atoms with van der Waals surface area (Å²) in [6, 6.07) is 8.31. The minimum Gasteiger partial charge on any atom is -0.338 e. The zero-order valence-electron chi connectivity index (χ0n) is 11.4. The van der Waals surface area contributed by atoms with Gasteiger partial charge >= 0.3 is 0 Å². The summed E-state index contributed by atoms with van der Waals surface area (Å²) in [5.74, 6) is 0.287. The largest absolute Gasteiger partial charge is 0.338 e. The Morgan fingerprint density at radius 2 is 1.95 bits per heavy atom. The number of carbonyl (C=O) groups is 1. The van der Waals surface area contributed by atoms with Crippen LogP contribution in [0.15, 0.2) is 35.9 Å². The first-order valence-electron chi connectivity index (χ1n) is 7.35. The Kier molecular flexibility index (Phi) is 3.67. The molecule has 0 bridgehead atoms. The molecule has 2 aliphatic rings. The van der Waals surface area contributed by atoms with E-state index in [2.05, 4.69) is 24.3 Å². The standard InChI is InChI=1S/C17H21NO/c19-17-12-15-8-4-5-9-16(15)13-18(17)11-10-14-6-2-1-3-7-14/h4-6,8-9H,1-3,7,10-13H2. The van der Waals surface area contributed by atoms with Gasteiger partial charge in [0, 0.05) is 13.1 Å². The van der Waals surface area contributed by atoms with Crippen molar-refractivity contribution >= 4 is 5.91 Å². The number of hydrogen-bond acceptors (Lipinski definition) is 1. The molecule has 1 amide bonds. The minimum atomic E-state index is 0.287. The lowest BCUT2D eigenvalue weighted by molar-refractivity contribution is -0.131. The first-order valence-corrected chi connectivity index (χ1v) is 7.35. The molecule has 19 heavy (non-hydrogen) atoms. The van der Waals surface area contributed by atoms with E-state index in [0.29, 0.717) is 6.42 Å². The van der Waals surface area contributed by atoms with Gasteiger partial charge in [0.1, 0.15) is 0 Å². The topological polar surface area (TPSA) is 20.3 Å². The normalized spacial score (nSPS) is 19.1. The summed E-state index contributed by atoms with van der Waals surface area (Å²) >= 11 is 0. The van der Waals surface area contributed by atoms with Crippen LogP contribution >= 0.6 is 0 Å². The molecule has 0 radical (unpaired) electrons. The number of benzene rings is 1. The van der Waals surface area contributed by atoms with Crippen LogP contribution in [-0.4, -0.2) is 17.4 Å². The van der Waals surface area contributed by atoms with E-state index in [9.17, 15) is 4.79 Å². The minimum absolute atomic E-state index is 0.287. The summed E-state index contributed by atoms with van der Waals surface area (Å²) in [6.45, 7) is 1.68. The molecule has 2 heteroatoms. The molecule has 1 aliphatic heterocycles. The van der Waals surface area contributed by atoms with Crippen LogP contribution in [-0.2, 0) is 17.8 Å². The molecule has 3 rings (SSSR count). The Hall–Kier alpha value is -1.57. The fourth-order valence-corrected chi connectivity index (χ4v) is 3.07. The number of hydrogen-bond donors (Lipinski definition) is 0. The van der Waals surface area contributed by atoms with Gasteiger partial charge in [0.25, 0.3) is 0 Å². The molecule has 0 saturated heterocycles. The predicted octanol–water partition coefficient (Wildman–Crippen LogP) is 3.46. The van der Waals surface area contributed by atoms with Crippen LogP contribution in [0.3, 0.4) is 0 Å². The van der Waals surface area contributed by atoms with Crippen LogP contribution in [0.2, 0.25) is 0 Å². The molecule has 1 heterocycles. The molecular weight excluding hydrogens is 234 g/mol. The van der Waals surface area contributed by atoms with Gasteiger partial charge in [-0.3, -0.25) is 4.79 Å². The zero-order valence-corrected chi connectivity index (χ0v) is 11.4. The lowest BCUT2D eigenvalue weighted by atomic mass is 9.95. The van der Waals surface area contributed by atoms with Gasteiger partial charge in [0.05, 0.1) is 6.42 Å². The van der Waals surface area contributed by atoms with Crippen LogP contribution < -0.4 is 0 Å². The van der Waals surface area contributed by atoms with Crippen molar-refractivity contribution in [3.63, 3.8) is 0 Å². The molecule has 0 aromatic heterocycles. The second kappa shape index (κ2) is 5.60. The number of amides is 1. The van der Waals surface area contributed by atoms with E-state index in [1.807, 2.05) is 11.0 Å². The highest BCUT2D eigenvalue weighted by atomic mass is 16.2. The molecule has 0 N–H and O–H groups in total. The predicted molar refractivity (Wildman–Crippen MR) is 76.7 cm³/mol. The summed E-state index contributed by atoms with van der Waals surface area (Å²) in [5.41, 5.74) is 4.08. The highest BCUT2D eigenvalue weighted by molar-refractivity contribution is 5.80. The average Bonchev–Trinajstić information content (AvgIpc) is 2.46. The average molecular weight is 255 g/mol. The second-order valence-electron chi connectivity index (χ2n) is 5.62. The molecular formula is C17H21NO. The Balaban J connectivity index is 1.63. The molecule has 0 atom stereocenters. The number of allylic oxidation sites excluding steroid dienone is 1. The van der Waals surface area contributed by atoms with Gasteiger partial charge in [-0.1, -0.05) is 35.9 Å². The summed E-state index contributed by atoms with van der Waals surface area (Å²) < 4.78 is 0. The monoisotopic (exact) mass is 255 g/mol. The first-order chi connectivity index (χ1) is 9.33. The highest BCUT2D eigenvalue weighted by Crippen LogP contribution is 2.23. The third kappa shape index (κ3) is 2.89. The van der Waals surface area contributed by atoms with E-state index in [1.165, 1.54) is 36.8 Å². The van der Waals surface area contributed by atoms with Gasteiger partial charge in [-0.2, -0.15) is 0 Å². The van der Waals surface area contributed by atoms with Gasteiger partial charge in [0.15, 0.2) is 0 Å². The third-order valence-electron chi connectivity index (χ3n) is 4.26. The Bertz CT molecular complexity index is 504. The van der Waals surface area contributed by atoms with Crippen LogP contribution in [0.1, 0.15) is 43.2 Å². The molecule has 2 nitrogen and oxygen atoms in total. The van der Waals surface area contributed by atoms with Crippen molar-refractivity contribution < 1.29 is 4.79 Å². The zero-order chi connectivity index (χ0) is 13.1. The molecule has 100 valence electrons. The van der Waals surface area contributed by atoms with E-state index in [-0.39, 0.29) is 5.91 Å². The lowest BCUT2D eigenvalue weighted by Gasteiger charge is -2.29. The highest BCUT2D eigenvalue weighted by Gasteiger charge is 2.22. The van der Waals surface area contributed by atoms with Crippen molar-refractivity contribution in [3.8, 4) is 0 Å². The van der Waals surface area contributed by atoms with Gasteiger partial charge in [0.2, 0.25) is 5.91 Å². The number of carbonyl (C=O) groups excluding carboxylic acids is 1. The second-order valence-corrected chi connectivity index (χ2v) is 5.62. The molecule has 1 aliphatic carbocycles. The summed E-state index contributed by atoms with van der Waals surface area (Å²) in [7, 11) is 0. The van der Waals surface area contributed by atoms with E-state index >= 15 is 0 Å². The van der Waals surface area contributed by atoms with Crippen LogP contribution in [0.25, 0.3) is 0 Å². The van der Waals surface area contributed by atoms with Gasteiger partial charge in [-0.25, -0.2) is 0 Å². The van der Waals surface area contributed by atoms with E-state index in [1.54, 1.807) is 5.57 Å². The van der Waals surface area contributed by atoms with Crippen molar-refractivity contribution in [1.29, 1.82) is 0 Å². The third-order valence-corrected chi connectivity index (χ3v) is 4.26. The molecule has 0 saturated carbocycles. The SMILES string of the molecule is O=C1Cc2ccccc2CN1CCC1=CCCCC1. The fourth-order valence-electron chi connectivity index (χ4n) is 3.07. The molecule has 1 aromatic carbocycles. The molecule has 0 unspecified atom stereocenters. The number of fused-ring (bicyclic) bond motifs is 1. The quantitative estimate of drug-likeness (QED) is 0.757. The summed E-state index contributed by atoms with van der Waals surface area (Å²) in [5, 5.41) is 0. The van der Waals surface area contributed by atoms with Gasteiger partial charge < -0.3 is 4.90 Å². The first kappa shape index (κ1) is 12.5. The van der Waals surface area contributed by atoms with E-state index in [0.717, 1.165) is 19.5 Å². The van der Waals surface area contributed by atoms with Crippen LogP contribution in [0.5, 0.6) is 0 Å². The number of nitrogens with zero attached hydrogens (tertiary/aromatic N) is 1. The smallest absolute Gasteiger partial charge is 0.227 e. The molecule has 0 fully saturated rings. The maximum Gasteiger partial charge on any atom is 0.227 e. The Morgan fingerprint density at radius 3 is 2.74 bits per heavy atom. The van der Waals surface area contributed by atoms with Gasteiger partial charge in [-0.15, -0.1) is 0 Å². The molecule has 1 aromatic rings. The van der Waals surface area contributed by atoms with Crippen molar-refractivity contribution in [2.45, 2.75) is 45.1 Å². The maximum absolute atomic E-state index is 12.1. The number of rotatable bonds is 3. The fraction of sp³-hybridized carbons (Fsp3) is 0.471. The van der Waals surface area contributed by atoms with Gasteiger partial charge in [-0.05, 0) is 43.2 Å². The van der Waals surface area contributed by atoms with Crippen molar-refractivity contribution in [1.82, 2.24) is 4.90 Å². The van der Waals surface area contributed by atoms with Crippen molar-refractivity contribution in [3.05, 3.63) is 47.0 Å². The van der Waals surface area contributed by atoms with Crippen LogP contribution in [0, 0.1) is 0 Å². The van der Waals surface area contributed by atoms with E-state index < -0.39 is 0 Å². The Morgan fingerprint density at radius 1 is 1.11 bits per heavy atom. The Labute approximate surface area is 115 Å². The van der Waals surface area contributed by atoms with E-state index in [4.69, 9.17) is 0 Å². The van der Waals surface area contributed by atoms with Crippen molar-refractivity contribution in [2.75, 3.05) is 6.54 Å².